The highest BCUT2D eigenvalue weighted by atomic mass is 79.9. The van der Waals surface area contributed by atoms with Crippen LogP contribution in [0.15, 0.2) is 44.5 Å². The topological polar surface area (TPSA) is 113 Å². The Labute approximate surface area is 150 Å². The van der Waals surface area contributed by atoms with Gasteiger partial charge in [-0.3, -0.25) is 19.1 Å². The molecule has 1 amide bonds. The summed E-state index contributed by atoms with van der Waals surface area (Å²) in [6.45, 7) is 1.73. The molecule has 1 unspecified atom stereocenters. The minimum Gasteiger partial charge on any atom is -0.345 e. The molecular formula is C16H16BrN5O3. The first kappa shape index (κ1) is 17.2. The number of hydrogen-bond donors (Lipinski definition) is 3. The molecule has 0 spiro atoms. The number of hydrogen-bond acceptors (Lipinski definition) is 4. The van der Waals surface area contributed by atoms with E-state index in [4.69, 9.17) is 0 Å². The third-order valence-corrected chi connectivity index (χ3v) is 4.33. The van der Waals surface area contributed by atoms with E-state index in [2.05, 4.69) is 36.2 Å². The van der Waals surface area contributed by atoms with Crippen LogP contribution in [0.1, 0.15) is 25.2 Å². The molecule has 8 nitrogen and oxygen atoms in total. The van der Waals surface area contributed by atoms with Crippen LogP contribution < -0.4 is 16.6 Å². The zero-order valence-corrected chi connectivity index (χ0v) is 15.0. The minimum absolute atomic E-state index is 0.184. The molecule has 0 saturated carbocycles. The van der Waals surface area contributed by atoms with Crippen LogP contribution in [-0.2, 0) is 11.3 Å². The van der Waals surface area contributed by atoms with E-state index in [1.807, 2.05) is 31.2 Å². The highest BCUT2D eigenvalue weighted by Crippen LogP contribution is 2.18. The lowest BCUT2D eigenvalue weighted by atomic mass is 10.2. The normalized spacial score (nSPS) is 12.2. The maximum absolute atomic E-state index is 12.3. The molecule has 3 rings (SSSR count). The second kappa shape index (κ2) is 7.06. The van der Waals surface area contributed by atoms with Crippen LogP contribution in [0.3, 0.4) is 0 Å². The van der Waals surface area contributed by atoms with Gasteiger partial charge in [0.25, 0.3) is 5.56 Å². The van der Waals surface area contributed by atoms with Crippen LogP contribution in [0.5, 0.6) is 0 Å². The fourth-order valence-corrected chi connectivity index (χ4v) is 2.84. The van der Waals surface area contributed by atoms with E-state index in [1.165, 1.54) is 6.20 Å². The molecule has 3 N–H and O–H groups in total. The van der Waals surface area contributed by atoms with Crippen molar-refractivity contribution in [2.75, 3.05) is 0 Å². The van der Waals surface area contributed by atoms with E-state index in [9.17, 15) is 14.4 Å². The lowest BCUT2D eigenvalue weighted by Gasteiger charge is -2.15. The number of rotatable bonds is 5. The smallest absolute Gasteiger partial charge is 0.328 e. The standard InChI is InChI=1S/C16H16BrN5O3/c1-2-10(14-19-11-5-3-4-6-12(11)20-14)18-13(23)8-22-7-9(17)15(24)21-16(22)25/h3-7,10H,2,8H2,1H3,(H,18,23)(H,19,20)(H,21,24,25). The summed E-state index contributed by atoms with van der Waals surface area (Å²) >= 11 is 3.04. The zero-order chi connectivity index (χ0) is 18.0. The molecule has 9 heteroatoms. The number of fused-ring (bicyclic) bond motifs is 1. The number of H-pyrrole nitrogens is 2. The Morgan fingerprint density at radius 2 is 2.08 bits per heavy atom. The number of nitrogens with zero attached hydrogens (tertiary/aromatic N) is 2. The SMILES string of the molecule is CCC(NC(=O)Cn1cc(Br)c(=O)[nH]c1=O)c1nc2ccccc2[nH]1. The molecule has 0 radical (unpaired) electrons. The summed E-state index contributed by atoms with van der Waals surface area (Å²) in [5.74, 6) is 0.306. The van der Waals surface area contributed by atoms with Crippen LogP contribution >= 0.6 is 15.9 Å². The number of aromatic nitrogens is 4. The van der Waals surface area contributed by atoms with E-state index in [1.54, 1.807) is 0 Å². The van der Waals surface area contributed by atoms with Gasteiger partial charge in [-0.05, 0) is 34.5 Å². The van der Waals surface area contributed by atoms with Gasteiger partial charge in [0.2, 0.25) is 5.91 Å². The first-order valence-corrected chi connectivity index (χ1v) is 8.50. The van der Waals surface area contributed by atoms with Crippen LogP contribution in [-0.4, -0.2) is 25.4 Å². The van der Waals surface area contributed by atoms with Crippen molar-refractivity contribution in [1.82, 2.24) is 24.8 Å². The van der Waals surface area contributed by atoms with Gasteiger partial charge in [-0.1, -0.05) is 19.1 Å². The lowest BCUT2D eigenvalue weighted by Crippen LogP contribution is -2.37. The van der Waals surface area contributed by atoms with E-state index >= 15 is 0 Å². The van der Waals surface area contributed by atoms with E-state index in [0.29, 0.717) is 12.2 Å². The first-order valence-electron chi connectivity index (χ1n) is 7.71. The van der Waals surface area contributed by atoms with Crippen molar-refractivity contribution < 1.29 is 4.79 Å². The Balaban J connectivity index is 1.77. The van der Waals surface area contributed by atoms with Crippen molar-refractivity contribution >= 4 is 32.9 Å². The molecule has 1 aromatic carbocycles. The summed E-state index contributed by atoms with van der Waals surface area (Å²) in [4.78, 5) is 45.2. The van der Waals surface area contributed by atoms with Crippen molar-refractivity contribution in [2.45, 2.75) is 25.9 Å². The number of nitrogens with one attached hydrogen (secondary N) is 3. The molecule has 0 aliphatic heterocycles. The van der Waals surface area contributed by atoms with Crippen molar-refractivity contribution in [1.29, 1.82) is 0 Å². The third kappa shape index (κ3) is 3.71. The maximum atomic E-state index is 12.3. The number of imidazole rings is 1. The molecule has 0 saturated heterocycles. The van der Waals surface area contributed by atoms with Crippen molar-refractivity contribution in [3.8, 4) is 0 Å². The Morgan fingerprint density at radius 3 is 2.80 bits per heavy atom. The molecule has 2 heterocycles. The monoisotopic (exact) mass is 405 g/mol. The number of halogens is 1. The van der Waals surface area contributed by atoms with Crippen molar-refractivity contribution in [3.63, 3.8) is 0 Å². The summed E-state index contributed by atoms with van der Waals surface area (Å²) in [7, 11) is 0. The largest absolute Gasteiger partial charge is 0.345 e. The highest BCUT2D eigenvalue weighted by molar-refractivity contribution is 9.10. The molecule has 130 valence electrons. The number of benzene rings is 1. The quantitative estimate of drug-likeness (QED) is 0.595. The second-order valence-corrected chi connectivity index (χ2v) is 6.39. The molecule has 3 aromatic rings. The number of carbonyl (C=O) groups excluding carboxylic acids is 1. The fourth-order valence-electron chi connectivity index (χ4n) is 2.50. The van der Waals surface area contributed by atoms with E-state index < -0.39 is 11.2 Å². The van der Waals surface area contributed by atoms with Gasteiger partial charge in [0, 0.05) is 6.20 Å². The average Bonchev–Trinajstić information content (AvgIpc) is 3.01. The van der Waals surface area contributed by atoms with E-state index in [-0.39, 0.29) is 23.0 Å². The predicted octanol–water partition coefficient (Wildman–Crippen LogP) is 1.44. The van der Waals surface area contributed by atoms with Gasteiger partial charge in [-0.25, -0.2) is 9.78 Å². The Bertz CT molecular complexity index is 1000. The molecule has 0 aliphatic rings. The van der Waals surface area contributed by atoms with Gasteiger partial charge in [0.05, 0.1) is 21.5 Å². The van der Waals surface area contributed by atoms with Gasteiger partial charge in [-0.15, -0.1) is 0 Å². The summed E-state index contributed by atoms with van der Waals surface area (Å²) in [6.07, 6.45) is 1.93. The molecule has 0 aliphatic carbocycles. The van der Waals surface area contributed by atoms with Crippen molar-refractivity contribution in [3.05, 3.63) is 61.6 Å². The van der Waals surface area contributed by atoms with Crippen LogP contribution in [0.2, 0.25) is 0 Å². The van der Waals surface area contributed by atoms with Gasteiger partial charge in [0.1, 0.15) is 12.4 Å². The van der Waals surface area contributed by atoms with Gasteiger partial charge in [0.15, 0.2) is 0 Å². The number of carbonyl (C=O) groups is 1. The minimum atomic E-state index is -0.639. The summed E-state index contributed by atoms with van der Waals surface area (Å²) in [5, 5.41) is 2.85. The molecule has 1 atom stereocenters. The molecular weight excluding hydrogens is 390 g/mol. The van der Waals surface area contributed by atoms with Gasteiger partial charge >= 0.3 is 5.69 Å². The highest BCUT2D eigenvalue weighted by Gasteiger charge is 2.17. The fraction of sp³-hybridized carbons (Fsp3) is 0.250. The lowest BCUT2D eigenvalue weighted by molar-refractivity contribution is -0.122. The van der Waals surface area contributed by atoms with Gasteiger partial charge < -0.3 is 10.3 Å². The predicted molar refractivity (Wildman–Crippen MR) is 96.3 cm³/mol. The van der Waals surface area contributed by atoms with Gasteiger partial charge in [-0.2, -0.15) is 0 Å². The number of aromatic amines is 2. The molecule has 0 bridgehead atoms. The average molecular weight is 406 g/mol. The summed E-state index contributed by atoms with van der Waals surface area (Å²) in [5.41, 5.74) is 0.549. The zero-order valence-electron chi connectivity index (χ0n) is 13.4. The molecule has 0 fully saturated rings. The van der Waals surface area contributed by atoms with E-state index in [0.717, 1.165) is 15.6 Å². The Morgan fingerprint density at radius 1 is 1.32 bits per heavy atom. The Kier molecular flexibility index (Phi) is 4.84. The summed E-state index contributed by atoms with van der Waals surface area (Å²) in [6, 6.07) is 7.30. The maximum Gasteiger partial charge on any atom is 0.328 e. The first-order chi connectivity index (χ1) is 12.0. The number of amides is 1. The van der Waals surface area contributed by atoms with Crippen LogP contribution in [0.4, 0.5) is 0 Å². The molecule has 25 heavy (non-hydrogen) atoms. The Hall–Kier alpha value is -2.68. The third-order valence-electron chi connectivity index (χ3n) is 3.76. The summed E-state index contributed by atoms with van der Waals surface area (Å²) < 4.78 is 1.32. The van der Waals surface area contributed by atoms with Crippen molar-refractivity contribution in [2.24, 2.45) is 0 Å². The second-order valence-electron chi connectivity index (χ2n) is 5.53. The number of para-hydroxylation sites is 2. The molecule has 2 aromatic heterocycles. The van der Waals surface area contributed by atoms with Crippen LogP contribution in [0, 0.1) is 0 Å². The van der Waals surface area contributed by atoms with Crippen LogP contribution in [0.25, 0.3) is 11.0 Å².